The van der Waals surface area contributed by atoms with E-state index in [4.69, 9.17) is 4.74 Å². The first kappa shape index (κ1) is 15.4. The topological polar surface area (TPSA) is 29.5 Å². The molecule has 1 aliphatic rings. The number of halogens is 2. The highest BCUT2D eigenvalue weighted by Crippen LogP contribution is 2.33. The number of rotatable bonds is 5. The fourth-order valence-electron chi connectivity index (χ4n) is 2.64. The summed E-state index contributed by atoms with van der Waals surface area (Å²) in [4.78, 5) is 14.1. The van der Waals surface area contributed by atoms with E-state index in [1.807, 2.05) is 0 Å². The second-order valence-electron chi connectivity index (χ2n) is 4.93. The summed E-state index contributed by atoms with van der Waals surface area (Å²) in [7, 11) is 0. The number of hydrogen-bond donors (Lipinski definition) is 0. The zero-order chi connectivity index (χ0) is 14.5. The molecule has 20 heavy (non-hydrogen) atoms. The van der Waals surface area contributed by atoms with E-state index < -0.39 is 0 Å². The Morgan fingerprint density at radius 1 is 1.45 bits per heavy atom. The highest BCUT2D eigenvalue weighted by molar-refractivity contribution is 9.10. The van der Waals surface area contributed by atoms with Crippen LogP contribution in [0.25, 0.3) is 0 Å². The molecule has 5 heteroatoms. The minimum atomic E-state index is -0.281. The summed E-state index contributed by atoms with van der Waals surface area (Å²) in [6.07, 6.45) is 2.58. The van der Waals surface area contributed by atoms with Gasteiger partial charge in [-0.15, -0.1) is 0 Å². The molecule has 1 aromatic carbocycles. The molecule has 1 atom stereocenters. The Balaban J connectivity index is 2.22. The third kappa shape index (κ3) is 3.79. The van der Waals surface area contributed by atoms with Crippen molar-refractivity contribution >= 4 is 21.9 Å². The van der Waals surface area contributed by atoms with Crippen LogP contribution in [-0.2, 0) is 9.53 Å². The first-order valence-electron chi connectivity index (χ1n) is 6.96. The number of ether oxygens (including phenoxy) is 1. The van der Waals surface area contributed by atoms with Gasteiger partial charge in [-0.25, -0.2) is 4.39 Å². The van der Waals surface area contributed by atoms with Crippen LogP contribution in [0.5, 0.6) is 0 Å². The molecule has 0 saturated carbocycles. The lowest BCUT2D eigenvalue weighted by atomic mass is 10.0. The summed E-state index contributed by atoms with van der Waals surface area (Å²) in [5, 5.41) is 0. The molecule has 1 heterocycles. The number of esters is 1. The van der Waals surface area contributed by atoms with Crippen molar-refractivity contribution in [2.45, 2.75) is 32.2 Å². The quantitative estimate of drug-likeness (QED) is 0.764. The predicted molar refractivity (Wildman–Crippen MR) is 78.9 cm³/mol. The fourth-order valence-corrected chi connectivity index (χ4v) is 3.25. The third-order valence-corrected chi connectivity index (χ3v) is 4.26. The molecule has 1 unspecified atom stereocenters. The average molecular weight is 344 g/mol. The van der Waals surface area contributed by atoms with Crippen molar-refractivity contribution in [3.05, 3.63) is 34.1 Å². The normalized spacial score (nSPS) is 17.1. The number of nitrogens with zero attached hydrogens (tertiary/aromatic N) is 1. The van der Waals surface area contributed by atoms with E-state index in [1.165, 1.54) is 12.1 Å². The van der Waals surface area contributed by atoms with Gasteiger partial charge in [-0.2, -0.15) is 0 Å². The van der Waals surface area contributed by atoms with Crippen molar-refractivity contribution in [3.8, 4) is 0 Å². The van der Waals surface area contributed by atoms with Crippen molar-refractivity contribution in [3.63, 3.8) is 0 Å². The van der Waals surface area contributed by atoms with Crippen LogP contribution in [0.1, 0.15) is 37.8 Å². The molecule has 2 rings (SSSR count). The van der Waals surface area contributed by atoms with Crippen LogP contribution < -0.4 is 0 Å². The fraction of sp³-hybridized carbons (Fsp3) is 0.533. The molecule has 0 N–H and O–H groups in total. The first-order valence-corrected chi connectivity index (χ1v) is 7.75. The van der Waals surface area contributed by atoms with E-state index in [2.05, 4.69) is 20.8 Å². The number of carbonyl (C=O) groups excluding carboxylic acids is 1. The number of carbonyl (C=O) groups is 1. The maximum absolute atomic E-state index is 13.2. The van der Waals surface area contributed by atoms with Gasteiger partial charge in [-0.1, -0.05) is 22.0 Å². The summed E-state index contributed by atoms with van der Waals surface area (Å²) in [5.74, 6) is -0.488. The summed E-state index contributed by atoms with van der Waals surface area (Å²) in [5.41, 5.74) is 0.946. The van der Waals surface area contributed by atoms with Gasteiger partial charge in [0.25, 0.3) is 0 Å². The molecule has 0 bridgehead atoms. The number of benzene rings is 1. The molecular formula is C15H19BrFNO2. The summed E-state index contributed by atoms with van der Waals surface area (Å²) < 4.78 is 19.0. The molecule has 1 saturated heterocycles. The molecule has 110 valence electrons. The van der Waals surface area contributed by atoms with Crippen molar-refractivity contribution < 1.29 is 13.9 Å². The smallest absolute Gasteiger partial charge is 0.307 e. The molecule has 0 spiro atoms. The van der Waals surface area contributed by atoms with Gasteiger partial charge < -0.3 is 4.74 Å². The van der Waals surface area contributed by atoms with Gasteiger partial charge in [-0.05, 0) is 50.6 Å². The zero-order valence-electron chi connectivity index (χ0n) is 11.6. The SMILES string of the molecule is CCOC(=O)CC(c1ccc(F)cc1Br)N1CCCC1. The third-order valence-electron chi connectivity index (χ3n) is 3.57. The Labute approximate surface area is 127 Å². The Hall–Kier alpha value is -0.940. The van der Waals surface area contributed by atoms with Gasteiger partial charge in [0.05, 0.1) is 13.0 Å². The van der Waals surface area contributed by atoms with Crippen LogP contribution in [0, 0.1) is 5.82 Å². The molecule has 0 radical (unpaired) electrons. The monoisotopic (exact) mass is 343 g/mol. The molecule has 1 aliphatic heterocycles. The van der Waals surface area contributed by atoms with Gasteiger partial charge in [0.15, 0.2) is 0 Å². The molecule has 0 aliphatic carbocycles. The van der Waals surface area contributed by atoms with Crippen molar-refractivity contribution in [1.82, 2.24) is 4.90 Å². The van der Waals surface area contributed by atoms with E-state index in [0.717, 1.165) is 31.5 Å². The van der Waals surface area contributed by atoms with Crippen LogP contribution >= 0.6 is 15.9 Å². The maximum Gasteiger partial charge on any atom is 0.307 e. The van der Waals surface area contributed by atoms with E-state index >= 15 is 0 Å². The van der Waals surface area contributed by atoms with E-state index in [-0.39, 0.29) is 17.8 Å². The summed E-state index contributed by atoms with van der Waals surface area (Å²) >= 11 is 3.40. The van der Waals surface area contributed by atoms with Gasteiger partial charge in [0.2, 0.25) is 0 Å². The van der Waals surface area contributed by atoms with Crippen LogP contribution in [0.15, 0.2) is 22.7 Å². The van der Waals surface area contributed by atoms with Gasteiger partial charge in [0.1, 0.15) is 5.82 Å². The Kier molecular flexibility index (Phi) is 5.54. The largest absolute Gasteiger partial charge is 0.466 e. The standard InChI is InChI=1S/C15H19BrFNO2/c1-2-20-15(19)10-14(18-7-3-4-8-18)12-6-5-11(17)9-13(12)16/h5-6,9,14H,2-4,7-8,10H2,1H3. The van der Waals surface area contributed by atoms with Crippen LogP contribution in [0.3, 0.4) is 0 Å². The van der Waals surface area contributed by atoms with Crippen LogP contribution in [0.4, 0.5) is 4.39 Å². The van der Waals surface area contributed by atoms with Crippen molar-refractivity contribution in [2.75, 3.05) is 19.7 Å². The van der Waals surface area contributed by atoms with Crippen molar-refractivity contribution in [1.29, 1.82) is 0 Å². The van der Waals surface area contributed by atoms with Crippen LogP contribution in [0.2, 0.25) is 0 Å². The maximum atomic E-state index is 13.2. The van der Waals surface area contributed by atoms with Gasteiger partial charge in [0, 0.05) is 10.5 Å². The summed E-state index contributed by atoms with van der Waals surface area (Å²) in [6.45, 7) is 4.12. The lowest BCUT2D eigenvalue weighted by Gasteiger charge is -2.28. The lowest BCUT2D eigenvalue weighted by molar-refractivity contribution is -0.144. The van der Waals surface area contributed by atoms with E-state index in [9.17, 15) is 9.18 Å². The Morgan fingerprint density at radius 3 is 2.75 bits per heavy atom. The minimum Gasteiger partial charge on any atom is -0.466 e. The minimum absolute atomic E-state index is 0.0495. The van der Waals surface area contributed by atoms with Crippen LogP contribution in [-0.4, -0.2) is 30.6 Å². The second kappa shape index (κ2) is 7.18. The van der Waals surface area contributed by atoms with E-state index in [1.54, 1.807) is 13.0 Å². The second-order valence-corrected chi connectivity index (χ2v) is 5.79. The highest BCUT2D eigenvalue weighted by atomic mass is 79.9. The lowest BCUT2D eigenvalue weighted by Crippen LogP contribution is -2.28. The Bertz CT molecular complexity index is 475. The molecule has 1 fully saturated rings. The molecule has 0 amide bonds. The Morgan fingerprint density at radius 2 is 2.15 bits per heavy atom. The first-order chi connectivity index (χ1) is 9.61. The highest BCUT2D eigenvalue weighted by Gasteiger charge is 2.27. The predicted octanol–water partition coefficient (Wildman–Crippen LogP) is 3.68. The summed E-state index contributed by atoms with van der Waals surface area (Å²) in [6, 6.07) is 4.59. The molecule has 0 aromatic heterocycles. The number of likely N-dealkylation sites (tertiary alicyclic amines) is 1. The molecular weight excluding hydrogens is 325 g/mol. The molecule has 1 aromatic rings. The average Bonchev–Trinajstić information content (AvgIpc) is 2.90. The van der Waals surface area contributed by atoms with E-state index in [0.29, 0.717) is 17.5 Å². The van der Waals surface area contributed by atoms with Gasteiger partial charge >= 0.3 is 5.97 Å². The zero-order valence-corrected chi connectivity index (χ0v) is 13.2. The van der Waals surface area contributed by atoms with Crippen molar-refractivity contribution in [2.24, 2.45) is 0 Å². The van der Waals surface area contributed by atoms with Gasteiger partial charge in [-0.3, -0.25) is 9.69 Å². The molecule has 3 nitrogen and oxygen atoms in total. The number of hydrogen-bond acceptors (Lipinski definition) is 3.